The molecular formula is C22H21N3O6. The molecule has 0 aromatic heterocycles. The van der Waals surface area contributed by atoms with Crippen LogP contribution in [0.1, 0.15) is 16.8 Å². The molecule has 2 aromatic rings. The van der Waals surface area contributed by atoms with Crippen molar-refractivity contribution in [2.45, 2.75) is 18.5 Å². The van der Waals surface area contributed by atoms with Crippen LogP contribution in [0.15, 0.2) is 48.5 Å². The summed E-state index contributed by atoms with van der Waals surface area (Å²) in [6.07, 6.45) is 0.405. The van der Waals surface area contributed by atoms with Gasteiger partial charge >= 0.3 is 5.97 Å². The van der Waals surface area contributed by atoms with E-state index in [1.807, 2.05) is 36.4 Å². The lowest BCUT2D eigenvalue weighted by Crippen LogP contribution is -2.52. The van der Waals surface area contributed by atoms with Gasteiger partial charge in [-0.25, -0.2) is 4.79 Å². The standard InChI is InChI=1S/C22H21N3O6/c26-18(11-31-12-19(27)28)23-17-8-9-25-20(17)21(29)24-16-7-6-14(10-15(16)22(25)30)13-4-2-1-3-5-13/h1-7,10,17,20H,8-9,11-12H2,(H,23,26)(H,24,29)(H,27,28). The maximum Gasteiger partial charge on any atom is 0.329 e. The number of carboxylic acids is 1. The highest BCUT2D eigenvalue weighted by Gasteiger charge is 2.45. The number of aliphatic carboxylic acids is 1. The van der Waals surface area contributed by atoms with E-state index in [0.717, 1.165) is 11.1 Å². The normalized spacial score (nSPS) is 19.8. The molecule has 9 heteroatoms. The van der Waals surface area contributed by atoms with Crippen molar-refractivity contribution in [3.8, 4) is 11.1 Å². The summed E-state index contributed by atoms with van der Waals surface area (Å²) in [4.78, 5) is 50.2. The zero-order chi connectivity index (χ0) is 22.0. The minimum Gasteiger partial charge on any atom is -0.480 e. The summed E-state index contributed by atoms with van der Waals surface area (Å²) >= 11 is 0. The Kier molecular flexibility index (Phi) is 5.68. The van der Waals surface area contributed by atoms with Gasteiger partial charge in [-0.05, 0) is 29.7 Å². The number of benzene rings is 2. The first-order valence-corrected chi connectivity index (χ1v) is 9.84. The first-order chi connectivity index (χ1) is 14.9. The van der Waals surface area contributed by atoms with Crippen LogP contribution in [0.25, 0.3) is 11.1 Å². The van der Waals surface area contributed by atoms with Crippen molar-refractivity contribution in [1.29, 1.82) is 0 Å². The van der Waals surface area contributed by atoms with Crippen molar-refractivity contribution in [2.24, 2.45) is 0 Å². The summed E-state index contributed by atoms with van der Waals surface area (Å²) in [5.41, 5.74) is 2.64. The van der Waals surface area contributed by atoms with E-state index < -0.39 is 37.2 Å². The van der Waals surface area contributed by atoms with Crippen LogP contribution in [0.4, 0.5) is 5.69 Å². The van der Waals surface area contributed by atoms with Gasteiger partial charge in [0.25, 0.3) is 5.91 Å². The van der Waals surface area contributed by atoms with Crippen LogP contribution in [-0.4, -0.2) is 65.5 Å². The van der Waals surface area contributed by atoms with Crippen molar-refractivity contribution in [3.63, 3.8) is 0 Å². The summed E-state index contributed by atoms with van der Waals surface area (Å²) in [5.74, 6) is -2.38. The molecule has 1 fully saturated rings. The van der Waals surface area contributed by atoms with Crippen molar-refractivity contribution < 1.29 is 29.0 Å². The molecule has 3 N–H and O–H groups in total. The fraction of sp³-hybridized carbons (Fsp3) is 0.273. The lowest BCUT2D eigenvalue weighted by Gasteiger charge is -2.24. The molecule has 2 heterocycles. The van der Waals surface area contributed by atoms with E-state index in [-0.39, 0.29) is 11.8 Å². The monoisotopic (exact) mass is 423 g/mol. The topological polar surface area (TPSA) is 125 Å². The molecule has 0 spiro atoms. The highest BCUT2D eigenvalue weighted by Crippen LogP contribution is 2.32. The summed E-state index contributed by atoms with van der Waals surface area (Å²) in [6.45, 7) is -0.718. The molecule has 4 rings (SSSR count). The smallest absolute Gasteiger partial charge is 0.329 e. The second kappa shape index (κ2) is 8.57. The van der Waals surface area contributed by atoms with Crippen molar-refractivity contribution in [2.75, 3.05) is 25.1 Å². The second-order valence-electron chi connectivity index (χ2n) is 7.41. The van der Waals surface area contributed by atoms with Crippen molar-refractivity contribution >= 4 is 29.4 Å². The molecule has 0 radical (unpaired) electrons. The molecule has 160 valence electrons. The molecule has 0 saturated carbocycles. The van der Waals surface area contributed by atoms with Crippen LogP contribution in [0.5, 0.6) is 0 Å². The fourth-order valence-electron chi connectivity index (χ4n) is 3.98. The Morgan fingerprint density at radius 1 is 1.10 bits per heavy atom. The molecule has 2 aliphatic rings. The first-order valence-electron chi connectivity index (χ1n) is 9.84. The van der Waals surface area contributed by atoms with Crippen LogP contribution in [0.3, 0.4) is 0 Å². The Hall–Kier alpha value is -3.72. The maximum absolute atomic E-state index is 13.3. The summed E-state index contributed by atoms with van der Waals surface area (Å²) in [5, 5.41) is 14.1. The van der Waals surface area contributed by atoms with E-state index in [1.165, 1.54) is 4.90 Å². The third kappa shape index (κ3) is 4.26. The Morgan fingerprint density at radius 3 is 2.61 bits per heavy atom. The van der Waals surface area contributed by atoms with E-state index in [0.29, 0.717) is 24.2 Å². The number of hydrogen-bond acceptors (Lipinski definition) is 5. The zero-order valence-corrected chi connectivity index (χ0v) is 16.5. The van der Waals surface area contributed by atoms with Crippen LogP contribution in [0, 0.1) is 0 Å². The van der Waals surface area contributed by atoms with Crippen LogP contribution in [-0.2, 0) is 19.1 Å². The number of nitrogens with zero attached hydrogens (tertiary/aromatic N) is 1. The zero-order valence-electron chi connectivity index (χ0n) is 16.5. The summed E-state index contributed by atoms with van der Waals surface area (Å²) < 4.78 is 4.79. The van der Waals surface area contributed by atoms with Gasteiger partial charge in [0, 0.05) is 6.54 Å². The van der Waals surface area contributed by atoms with Crippen LogP contribution in [0.2, 0.25) is 0 Å². The molecule has 3 amide bonds. The number of anilines is 1. The molecule has 2 aliphatic heterocycles. The molecule has 0 bridgehead atoms. The van der Waals surface area contributed by atoms with Gasteiger partial charge in [0.05, 0.1) is 17.3 Å². The molecule has 2 atom stereocenters. The minimum absolute atomic E-state index is 0.282. The number of carbonyl (C=O) groups is 4. The molecule has 0 aliphatic carbocycles. The maximum atomic E-state index is 13.3. The van der Waals surface area contributed by atoms with E-state index in [1.54, 1.807) is 12.1 Å². The Balaban J connectivity index is 1.53. The highest BCUT2D eigenvalue weighted by molar-refractivity contribution is 6.11. The third-order valence-corrected chi connectivity index (χ3v) is 5.35. The molecule has 2 unspecified atom stereocenters. The minimum atomic E-state index is -1.18. The fourth-order valence-corrected chi connectivity index (χ4v) is 3.98. The number of hydrogen-bond donors (Lipinski definition) is 3. The Labute approximate surface area is 178 Å². The molecule has 31 heavy (non-hydrogen) atoms. The van der Waals surface area contributed by atoms with Gasteiger partial charge in [0.15, 0.2) is 0 Å². The number of amides is 3. The van der Waals surface area contributed by atoms with Crippen LogP contribution >= 0.6 is 0 Å². The lowest BCUT2D eigenvalue weighted by atomic mass is 10.0. The number of ether oxygens (including phenoxy) is 1. The predicted octanol–water partition coefficient (Wildman–Crippen LogP) is 1.11. The molecular weight excluding hydrogens is 402 g/mol. The van der Waals surface area contributed by atoms with Crippen molar-refractivity contribution in [1.82, 2.24) is 10.2 Å². The molecule has 9 nitrogen and oxygen atoms in total. The van der Waals surface area contributed by atoms with E-state index in [4.69, 9.17) is 9.84 Å². The third-order valence-electron chi connectivity index (χ3n) is 5.35. The average Bonchev–Trinajstić information content (AvgIpc) is 3.13. The summed E-state index contributed by atoms with van der Waals surface area (Å²) in [7, 11) is 0. The van der Waals surface area contributed by atoms with Gasteiger partial charge in [-0.1, -0.05) is 36.4 Å². The second-order valence-corrected chi connectivity index (χ2v) is 7.41. The Morgan fingerprint density at radius 2 is 1.87 bits per heavy atom. The number of carboxylic acid groups (broad SMARTS) is 1. The number of fused-ring (bicyclic) bond motifs is 2. The van der Waals surface area contributed by atoms with Crippen LogP contribution < -0.4 is 10.6 Å². The molecule has 2 aromatic carbocycles. The number of carbonyl (C=O) groups excluding carboxylic acids is 3. The van der Waals surface area contributed by atoms with Gasteiger partial charge in [-0.2, -0.15) is 0 Å². The van der Waals surface area contributed by atoms with E-state index in [9.17, 15) is 19.2 Å². The van der Waals surface area contributed by atoms with Gasteiger partial charge in [-0.15, -0.1) is 0 Å². The Bertz CT molecular complexity index is 1040. The van der Waals surface area contributed by atoms with Gasteiger partial charge < -0.3 is 25.4 Å². The first kappa shape index (κ1) is 20.5. The van der Waals surface area contributed by atoms with E-state index >= 15 is 0 Å². The SMILES string of the molecule is O=C(O)COCC(=O)NC1CCN2C(=O)c3cc(-c4ccccc4)ccc3NC(=O)C12. The quantitative estimate of drug-likeness (QED) is 0.639. The van der Waals surface area contributed by atoms with Gasteiger partial charge in [-0.3, -0.25) is 14.4 Å². The molecule has 1 saturated heterocycles. The van der Waals surface area contributed by atoms with Gasteiger partial charge in [0.1, 0.15) is 19.3 Å². The van der Waals surface area contributed by atoms with Gasteiger partial charge in [0.2, 0.25) is 11.8 Å². The average molecular weight is 423 g/mol. The summed E-state index contributed by atoms with van der Waals surface area (Å²) in [6, 6.07) is 13.5. The lowest BCUT2D eigenvalue weighted by molar-refractivity contribution is -0.143. The largest absolute Gasteiger partial charge is 0.480 e. The predicted molar refractivity (Wildman–Crippen MR) is 110 cm³/mol. The number of rotatable bonds is 6. The van der Waals surface area contributed by atoms with E-state index in [2.05, 4.69) is 10.6 Å². The highest BCUT2D eigenvalue weighted by atomic mass is 16.5. The van der Waals surface area contributed by atoms with Crippen molar-refractivity contribution in [3.05, 3.63) is 54.1 Å². The number of nitrogens with one attached hydrogen (secondary N) is 2.